The number of hydrogen-bond donors (Lipinski definition) is 1. The van der Waals surface area contributed by atoms with Crippen molar-refractivity contribution in [2.45, 2.75) is 44.5 Å². The van der Waals surface area contributed by atoms with Crippen LogP contribution in [0.3, 0.4) is 0 Å². The SMILES string of the molecule is COC1CCCC(Oc2ncc(F)cc2CO)C1. The van der Waals surface area contributed by atoms with E-state index in [1.165, 1.54) is 6.07 Å². The van der Waals surface area contributed by atoms with Gasteiger partial charge in [-0.2, -0.15) is 0 Å². The molecule has 1 fully saturated rings. The Labute approximate surface area is 106 Å². The number of aliphatic hydroxyl groups excluding tert-OH is 1. The first-order valence-corrected chi connectivity index (χ1v) is 6.17. The van der Waals surface area contributed by atoms with Gasteiger partial charge in [0.1, 0.15) is 11.9 Å². The third-order valence-electron chi connectivity index (χ3n) is 3.25. The van der Waals surface area contributed by atoms with Gasteiger partial charge in [0.15, 0.2) is 0 Å². The number of aromatic nitrogens is 1. The largest absolute Gasteiger partial charge is 0.474 e. The van der Waals surface area contributed by atoms with Gasteiger partial charge in [0.05, 0.1) is 18.9 Å². The lowest BCUT2D eigenvalue weighted by Gasteiger charge is -2.28. The van der Waals surface area contributed by atoms with Crippen molar-refractivity contribution in [3.63, 3.8) is 0 Å². The summed E-state index contributed by atoms with van der Waals surface area (Å²) in [6.45, 7) is -0.277. The van der Waals surface area contributed by atoms with Crippen molar-refractivity contribution in [1.29, 1.82) is 0 Å². The molecular weight excluding hydrogens is 237 g/mol. The highest BCUT2D eigenvalue weighted by Gasteiger charge is 2.24. The van der Waals surface area contributed by atoms with E-state index in [9.17, 15) is 4.39 Å². The van der Waals surface area contributed by atoms with Gasteiger partial charge in [-0.25, -0.2) is 9.37 Å². The molecule has 1 aliphatic carbocycles. The highest BCUT2D eigenvalue weighted by atomic mass is 19.1. The standard InChI is InChI=1S/C13H18FNO3/c1-17-11-3-2-4-12(6-11)18-13-9(8-16)5-10(14)7-15-13/h5,7,11-12,16H,2-4,6,8H2,1H3. The molecule has 0 bridgehead atoms. The molecule has 1 N–H and O–H groups in total. The average Bonchev–Trinajstić information content (AvgIpc) is 2.41. The number of rotatable bonds is 4. The van der Waals surface area contributed by atoms with Gasteiger partial charge in [-0.3, -0.25) is 0 Å². The second-order valence-corrected chi connectivity index (χ2v) is 4.54. The minimum Gasteiger partial charge on any atom is -0.474 e. The Bertz CT molecular complexity index is 400. The van der Waals surface area contributed by atoms with Crippen molar-refractivity contribution in [1.82, 2.24) is 4.98 Å². The van der Waals surface area contributed by atoms with E-state index in [4.69, 9.17) is 14.6 Å². The molecular formula is C13H18FNO3. The van der Waals surface area contributed by atoms with Crippen LogP contribution in [0.1, 0.15) is 31.2 Å². The molecule has 5 heteroatoms. The summed E-state index contributed by atoms with van der Waals surface area (Å²) >= 11 is 0. The molecule has 2 rings (SSSR count). The van der Waals surface area contributed by atoms with Crippen LogP contribution in [0.25, 0.3) is 0 Å². The van der Waals surface area contributed by atoms with E-state index >= 15 is 0 Å². The maximum atomic E-state index is 13.0. The normalized spacial score (nSPS) is 23.9. The zero-order valence-corrected chi connectivity index (χ0v) is 10.4. The predicted octanol–water partition coefficient (Wildman–Crippen LogP) is 2.05. The Morgan fingerprint density at radius 3 is 2.94 bits per heavy atom. The van der Waals surface area contributed by atoms with Crippen LogP contribution in [0, 0.1) is 5.82 Å². The highest BCUT2D eigenvalue weighted by Crippen LogP contribution is 2.26. The molecule has 1 heterocycles. The van der Waals surface area contributed by atoms with Gasteiger partial charge in [0, 0.05) is 19.1 Å². The fourth-order valence-corrected chi connectivity index (χ4v) is 2.27. The van der Waals surface area contributed by atoms with Crippen molar-refractivity contribution in [2.24, 2.45) is 0 Å². The van der Waals surface area contributed by atoms with Crippen LogP contribution in [0.2, 0.25) is 0 Å². The maximum Gasteiger partial charge on any atom is 0.219 e. The van der Waals surface area contributed by atoms with E-state index in [1.807, 2.05) is 0 Å². The Balaban J connectivity index is 2.04. The van der Waals surface area contributed by atoms with Crippen LogP contribution in [0.4, 0.5) is 4.39 Å². The molecule has 0 radical (unpaired) electrons. The molecule has 0 spiro atoms. The molecule has 0 aliphatic heterocycles. The zero-order chi connectivity index (χ0) is 13.0. The van der Waals surface area contributed by atoms with Crippen LogP contribution in [0.15, 0.2) is 12.3 Å². The van der Waals surface area contributed by atoms with Gasteiger partial charge in [-0.05, 0) is 25.3 Å². The fraction of sp³-hybridized carbons (Fsp3) is 0.615. The third-order valence-corrected chi connectivity index (χ3v) is 3.25. The Kier molecular flexibility index (Phi) is 4.49. The van der Waals surface area contributed by atoms with Gasteiger partial charge in [-0.15, -0.1) is 0 Å². The minimum atomic E-state index is -0.468. The molecule has 4 nitrogen and oxygen atoms in total. The third kappa shape index (κ3) is 3.17. The topological polar surface area (TPSA) is 51.6 Å². The smallest absolute Gasteiger partial charge is 0.219 e. The second-order valence-electron chi connectivity index (χ2n) is 4.54. The number of methoxy groups -OCH3 is 1. The van der Waals surface area contributed by atoms with Crippen LogP contribution < -0.4 is 4.74 Å². The molecule has 0 aromatic carbocycles. The van der Waals surface area contributed by atoms with E-state index < -0.39 is 5.82 Å². The van der Waals surface area contributed by atoms with Crippen LogP contribution in [-0.4, -0.2) is 29.4 Å². The summed E-state index contributed by atoms with van der Waals surface area (Å²) in [6, 6.07) is 1.25. The summed E-state index contributed by atoms with van der Waals surface area (Å²) in [7, 11) is 1.70. The van der Waals surface area contributed by atoms with Gasteiger partial charge < -0.3 is 14.6 Å². The zero-order valence-electron chi connectivity index (χ0n) is 10.4. The molecule has 1 aromatic rings. The number of hydrogen-bond acceptors (Lipinski definition) is 4. The number of nitrogens with zero attached hydrogens (tertiary/aromatic N) is 1. The van der Waals surface area contributed by atoms with E-state index in [2.05, 4.69) is 4.98 Å². The molecule has 2 unspecified atom stereocenters. The lowest BCUT2D eigenvalue weighted by molar-refractivity contribution is 0.0187. The summed E-state index contributed by atoms with van der Waals surface area (Å²) in [6.07, 6.45) is 5.16. The quantitative estimate of drug-likeness (QED) is 0.894. The van der Waals surface area contributed by atoms with Gasteiger partial charge in [-0.1, -0.05) is 0 Å². The molecule has 0 saturated heterocycles. The first-order valence-electron chi connectivity index (χ1n) is 6.17. The summed E-state index contributed by atoms with van der Waals surface area (Å²) in [5.41, 5.74) is 0.384. The number of halogens is 1. The Hall–Kier alpha value is -1.20. The molecule has 1 aromatic heterocycles. The van der Waals surface area contributed by atoms with Crippen molar-refractivity contribution in [2.75, 3.05) is 7.11 Å². The second kappa shape index (κ2) is 6.11. The van der Waals surface area contributed by atoms with Gasteiger partial charge >= 0.3 is 0 Å². The molecule has 2 atom stereocenters. The molecule has 18 heavy (non-hydrogen) atoms. The molecule has 1 saturated carbocycles. The van der Waals surface area contributed by atoms with Crippen molar-refractivity contribution in [3.8, 4) is 5.88 Å². The average molecular weight is 255 g/mol. The number of pyridine rings is 1. The van der Waals surface area contributed by atoms with E-state index in [1.54, 1.807) is 7.11 Å². The first-order chi connectivity index (χ1) is 8.72. The molecule has 0 amide bonds. The summed E-state index contributed by atoms with van der Waals surface area (Å²) < 4.78 is 24.1. The molecule has 100 valence electrons. The van der Waals surface area contributed by atoms with Crippen LogP contribution in [-0.2, 0) is 11.3 Å². The number of ether oxygens (including phenoxy) is 2. The van der Waals surface area contributed by atoms with Crippen molar-refractivity contribution < 1.29 is 19.0 Å². The van der Waals surface area contributed by atoms with E-state index in [0.29, 0.717) is 11.4 Å². The predicted molar refractivity (Wildman–Crippen MR) is 63.8 cm³/mol. The highest BCUT2D eigenvalue weighted by molar-refractivity contribution is 5.25. The maximum absolute atomic E-state index is 13.0. The monoisotopic (exact) mass is 255 g/mol. The Morgan fingerprint density at radius 2 is 2.22 bits per heavy atom. The first kappa shape index (κ1) is 13.2. The summed E-state index contributed by atoms with van der Waals surface area (Å²) in [5.74, 6) is -0.148. The fourth-order valence-electron chi connectivity index (χ4n) is 2.27. The lowest BCUT2D eigenvalue weighted by atomic mass is 9.95. The van der Waals surface area contributed by atoms with Crippen LogP contribution in [0.5, 0.6) is 5.88 Å². The minimum absolute atomic E-state index is 0.0203. The van der Waals surface area contributed by atoms with E-state index in [0.717, 1.165) is 31.9 Å². The van der Waals surface area contributed by atoms with Crippen molar-refractivity contribution >= 4 is 0 Å². The van der Waals surface area contributed by atoms with Crippen LogP contribution >= 0.6 is 0 Å². The molecule has 1 aliphatic rings. The number of aliphatic hydroxyl groups is 1. The van der Waals surface area contributed by atoms with Crippen molar-refractivity contribution in [3.05, 3.63) is 23.6 Å². The summed E-state index contributed by atoms with van der Waals surface area (Å²) in [4.78, 5) is 3.90. The van der Waals surface area contributed by atoms with Gasteiger partial charge in [0.2, 0.25) is 5.88 Å². The van der Waals surface area contributed by atoms with Gasteiger partial charge in [0.25, 0.3) is 0 Å². The Morgan fingerprint density at radius 1 is 1.44 bits per heavy atom. The summed E-state index contributed by atoms with van der Waals surface area (Å²) in [5, 5.41) is 9.16. The lowest BCUT2D eigenvalue weighted by Crippen LogP contribution is -2.30. The van der Waals surface area contributed by atoms with E-state index in [-0.39, 0.29) is 18.8 Å².